The van der Waals surface area contributed by atoms with Gasteiger partial charge in [0.05, 0.1) is 7.11 Å². The summed E-state index contributed by atoms with van der Waals surface area (Å²) in [6.45, 7) is 3.45. The Kier molecular flexibility index (Phi) is 2.50. The van der Waals surface area contributed by atoms with Gasteiger partial charge in [-0.2, -0.15) is 0 Å². The fraction of sp³-hybridized carbons (Fsp3) is 0.417. The molecule has 1 heterocycles. The van der Waals surface area contributed by atoms with Crippen LogP contribution in [0.3, 0.4) is 0 Å². The number of rotatable bonds is 2. The summed E-state index contributed by atoms with van der Waals surface area (Å²) in [6.07, 6.45) is 0. The Balaban J connectivity index is 2.23. The molecule has 0 amide bonds. The van der Waals surface area contributed by atoms with Gasteiger partial charge < -0.3 is 14.2 Å². The molecule has 0 aromatic heterocycles. The molecule has 1 aliphatic rings. The minimum absolute atomic E-state index is 0.352. The van der Waals surface area contributed by atoms with E-state index in [-0.39, 0.29) is 5.97 Å². The SMILES string of the molecule is COC(=O)C(C)C1(C)Oc2ccccc2O1. The topological polar surface area (TPSA) is 44.8 Å². The van der Waals surface area contributed by atoms with Crippen LogP contribution in [0.15, 0.2) is 24.3 Å². The quantitative estimate of drug-likeness (QED) is 0.718. The molecule has 0 N–H and O–H groups in total. The zero-order valence-corrected chi connectivity index (χ0v) is 9.52. The first kappa shape index (κ1) is 10.8. The van der Waals surface area contributed by atoms with Gasteiger partial charge in [0.15, 0.2) is 11.5 Å². The molecule has 4 heteroatoms. The third-order valence-electron chi connectivity index (χ3n) is 2.82. The third kappa shape index (κ3) is 1.60. The summed E-state index contributed by atoms with van der Waals surface area (Å²) < 4.78 is 16.0. The van der Waals surface area contributed by atoms with Gasteiger partial charge in [0.2, 0.25) is 0 Å². The Morgan fingerprint density at radius 3 is 2.25 bits per heavy atom. The highest BCUT2D eigenvalue weighted by Crippen LogP contribution is 2.42. The number of carbonyl (C=O) groups is 1. The zero-order valence-electron chi connectivity index (χ0n) is 9.52. The lowest BCUT2D eigenvalue weighted by Gasteiger charge is -2.27. The van der Waals surface area contributed by atoms with E-state index in [1.54, 1.807) is 13.8 Å². The minimum Gasteiger partial charge on any atom is -0.469 e. The molecule has 0 aliphatic carbocycles. The number of fused-ring (bicyclic) bond motifs is 1. The van der Waals surface area contributed by atoms with Crippen LogP contribution in [-0.4, -0.2) is 18.9 Å². The highest BCUT2D eigenvalue weighted by Gasteiger charge is 2.46. The van der Waals surface area contributed by atoms with Gasteiger partial charge in [0.1, 0.15) is 5.92 Å². The van der Waals surface area contributed by atoms with E-state index >= 15 is 0 Å². The van der Waals surface area contributed by atoms with Crippen LogP contribution in [0.2, 0.25) is 0 Å². The van der Waals surface area contributed by atoms with Crippen molar-refractivity contribution in [2.24, 2.45) is 5.92 Å². The molecular formula is C12H14O4. The Morgan fingerprint density at radius 2 is 1.81 bits per heavy atom. The normalized spacial score (nSPS) is 17.9. The van der Waals surface area contributed by atoms with Crippen LogP contribution in [0, 0.1) is 5.92 Å². The lowest BCUT2D eigenvalue weighted by molar-refractivity contribution is -0.167. The smallest absolute Gasteiger partial charge is 0.316 e. The summed E-state index contributed by atoms with van der Waals surface area (Å²) in [4.78, 5) is 11.5. The van der Waals surface area contributed by atoms with Crippen molar-refractivity contribution >= 4 is 5.97 Å². The van der Waals surface area contributed by atoms with Gasteiger partial charge in [-0.25, -0.2) is 0 Å². The van der Waals surface area contributed by atoms with Crippen molar-refractivity contribution < 1.29 is 19.0 Å². The van der Waals surface area contributed by atoms with Crippen LogP contribution in [0.25, 0.3) is 0 Å². The molecule has 0 fully saturated rings. The summed E-state index contributed by atoms with van der Waals surface area (Å²) >= 11 is 0. The molecule has 4 nitrogen and oxygen atoms in total. The van der Waals surface area contributed by atoms with Gasteiger partial charge in [0.25, 0.3) is 5.79 Å². The van der Waals surface area contributed by atoms with Gasteiger partial charge >= 0.3 is 5.97 Å². The average molecular weight is 222 g/mol. The van der Waals surface area contributed by atoms with Gasteiger partial charge in [-0.05, 0) is 19.1 Å². The van der Waals surface area contributed by atoms with E-state index in [0.717, 1.165) is 0 Å². The van der Waals surface area contributed by atoms with E-state index in [1.807, 2.05) is 24.3 Å². The zero-order chi connectivity index (χ0) is 11.8. The van der Waals surface area contributed by atoms with E-state index in [1.165, 1.54) is 7.11 Å². The lowest BCUT2D eigenvalue weighted by atomic mass is 10.0. The van der Waals surface area contributed by atoms with E-state index in [9.17, 15) is 4.79 Å². The van der Waals surface area contributed by atoms with Gasteiger partial charge in [0, 0.05) is 6.92 Å². The summed E-state index contributed by atoms with van der Waals surface area (Å²) in [5.41, 5.74) is 0. The Bertz CT molecular complexity index is 388. The fourth-order valence-corrected chi connectivity index (χ4v) is 1.64. The fourth-order valence-electron chi connectivity index (χ4n) is 1.64. The Morgan fingerprint density at radius 1 is 1.31 bits per heavy atom. The predicted molar refractivity (Wildman–Crippen MR) is 57.3 cm³/mol. The van der Waals surface area contributed by atoms with Crippen molar-refractivity contribution in [3.05, 3.63) is 24.3 Å². The molecule has 0 spiro atoms. The lowest BCUT2D eigenvalue weighted by Crippen LogP contribution is -2.45. The maximum atomic E-state index is 11.5. The van der Waals surface area contributed by atoms with Crippen LogP contribution >= 0.6 is 0 Å². The predicted octanol–water partition coefficient (Wildman–Crippen LogP) is 1.98. The van der Waals surface area contributed by atoms with Crippen molar-refractivity contribution in [3.8, 4) is 11.5 Å². The number of benzene rings is 1. The third-order valence-corrected chi connectivity index (χ3v) is 2.82. The minimum atomic E-state index is -0.989. The van der Waals surface area contributed by atoms with Crippen molar-refractivity contribution in [2.75, 3.05) is 7.11 Å². The number of carbonyl (C=O) groups excluding carboxylic acids is 1. The highest BCUT2D eigenvalue weighted by atomic mass is 16.7. The first-order valence-electron chi connectivity index (χ1n) is 5.12. The maximum Gasteiger partial charge on any atom is 0.316 e. The van der Waals surface area contributed by atoms with Crippen molar-refractivity contribution in [1.29, 1.82) is 0 Å². The van der Waals surface area contributed by atoms with Gasteiger partial charge in [-0.1, -0.05) is 12.1 Å². The van der Waals surface area contributed by atoms with Crippen LogP contribution < -0.4 is 9.47 Å². The molecule has 1 aromatic rings. The summed E-state index contributed by atoms with van der Waals surface area (Å²) in [7, 11) is 1.35. The largest absolute Gasteiger partial charge is 0.469 e. The highest BCUT2D eigenvalue weighted by molar-refractivity contribution is 5.73. The van der Waals surface area contributed by atoms with Crippen LogP contribution in [0.4, 0.5) is 0 Å². The summed E-state index contributed by atoms with van der Waals surface area (Å²) in [5.74, 6) is -0.529. The van der Waals surface area contributed by atoms with Gasteiger partial charge in [-0.15, -0.1) is 0 Å². The second-order valence-corrected chi connectivity index (χ2v) is 3.91. The Labute approximate surface area is 94.1 Å². The molecule has 1 unspecified atom stereocenters. The molecule has 0 saturated heterocycles. The molecule has 86 valence electrons. The van der Waals surface area contributed by atoms with Crippen molar-refractivity contribution in [1.82, 2.24) is 0 Å². The molecule has 1 aliphatic heterocycles. The van der Waals surface area contributed by atoms with Gasteiger partial charge in [-0.3, -0.25) is 4.79 Å². The van der Waals surface area contributed by atoms with Crippen LogP contribution in [0.1, 0.15) is 13.8 Å². The standard InChI is InChI=1S/C12H14O4/c1-8(11(13)14-3)12(2)15-9-6-4-5-7-10(9)16-12/h4-8H,1-3H3. The number of methoxy groups -OCH3 is 1. The molecule has 0 saturated carbocycles. The van der Waals surface area contributed by atoms with E-state index < -0.39 is 11.7 Å². The molecule has 16 heavy (non-hydrogen) atoms. The van der Waals surface area contributed by atoms with Crippen LogP contribution in [-0.2, 0) is 9.53 Å². The average Bonchev–Trinajstić information content (AvgIpc) is 2.64. The number of esters is 1. The Hall–Kier alpha value is -1.71. The molecular weight excluding hydrogens is 208 g/mol. The maximum absolute atomic E-state index is 11.5. The van der Waals surface area contributed by atoms with E-state index in [2.05, 4.69) is 4.74 Å². The molecule has 1 atom stereocenters. The second-order valence-electron chi connectivity index (χ2n) is 3.91. The molecule has 0 bridgehead atoms. The van der Waals surface area contributed by atoms with Crippen molar-refractivity contribution in [3.63, 3.8) is 0 Å². The molecule has 0 radical (unpaired) electrons. The monoisotopic (exact) mass is 222 g/mol. The first-order valence-corrected chi connectivity index (χ1v) is 5.12. The number of ether oxygens (including phenoxy) is 3. The molecule has 1 aromatic carbocycles. The number of hydrogen-bond acceptors (Lipinski definition) is 4. The van der Waals surface area contributed by atoms with E-state index in [4.69, 9.17) is 9.47 Å². The second kappa shape index (κ2) is 3.70. The number of hydrogen-bond donors (Lipinski definition) is 0. The summed E-state index contributed by atoms with van der Waals surface area (Å²) in [5, 5.41) is 0. The first-order chi connectivity index (χ1) is 7.57. The molecule has 2 rings (SSSR count). The summed E-state index contributed by atoms with van der Waals surface area (Å²) in [6, 6.07) is 7.34. The van der Waals surface area contributed by atoms with Crippen LogP contribution in [0.5, 0.6) is 11.5 Å². The van der Waals surface area contributed by atoms with Crippen molar-refractivity contribution in [2.45, 2.75) is 19.6 Å². The van der Waals surface area contributed by atoms with E-state index in [0.29, 0.717) is 11.5 Å². The number of para-hydroxylation sites is 2.